The van der Waals surface area contributed by atoms with Crippen LogP contribution >= 0.6 is 0 Å². The molecule has 0 aliphatic heterocycles. The van der Waals surface area contributed by atoms with Gasteiger partial charge in [-0.25, -0.2) is 4.79 Å². The number of hydrogen-bond donors (Lipinski definition) is 2. The molecule has 5 heteroatoms. The van der Waals surface area contributed by atoms with E-state index in [2.05, 4.69) is 9.97 Å². The van der Waals surface area contributed by atoms with Gasteiger partial charge in [0.25, 0.3) is 0 Å². The molecule has 0 fully saturated rings. The van der Waals surface area contributed by atoms with Crippen LogP contribution in [0.2, 0.25) is 0 Å². The standard InChI is InChI=1S/C13H10N2O3/c1-7-4-12(16)14-6-9(7)8-2-3-11-10(5-8)15-13(17)18-11/h2-6H,1H3,(H,14,16)(H,15,17). The molecule has 1 aromatic carbocycles. The van der Waals surface area contributed by atoms with Crippen molar-refractivity contribution in [3.05, 3.63) is 56.9 Å². The van der Waals surface area contributed by atoms with Crippen LogP contribution in [0.3, 0.4) is 0 Å². The molecule has 0 unspecified atom stereocenters. The van der Waals surface area contributed by atoms with Crippen molar-refractivity contribution in [2.75, 3.05) is 0 Å². The number of nitrogens with one attached hydrogen (secondary N) is 2. The molecule has 0 spiro atoms. The second-order valence-electron chi connectivity index (χ2n) is 4.12. The Labute approximate surface area is 101 Å². The second-order valence-corrected chi connectivity index (χ2v) is 4.12. The molecule has 0 bridgehead atoms. The van der Waals surface area contributed by atoms with Crippen molar-refractivity contribution in [3.8, 4) is 11.1 Å². The number of rotatable bonds is 1. The fraction of sp³-hybridized carbons (Fsp3) is 0.0769. The van der Waals surface area contributed by atoms with E-state index in [1.165, 1.54) is 6.07 Å². The van der Waals surface area contributed by atoms with Crippen molar-refractivity contribution in [2.24, 2.45) is 0 Å². The van der Waals surface area contributed by atoms with Crippen molar-refractivity contribution >= 4 is 11.1 Å². The lowest BCUT2D eigenvalue weighted by Gasteiger charge is -2.04. The Morgan fingerprint density at radius 3 is 2.78 bits per heavy atom. The predicted molar refractivity (Wildman–Crippen MR) is 67.6 cm³/mol. The number of fused-ring (bicyclic) bond motifs is 1. The zero-order valence-electron chi connectivity index (χ0n) is 9.61. The number of H-pyrrole nitrogens is 2. The first kappa shape index (κ1) is 10.6. The fourth-order valence-corrected chi connectivity index (χ4v) is 2.00. The lowest BCUT2D eigenvalue weighted by atomic mass is 10.0. The number of aromatic amines is 2. The SMILES string of the molecule is Cc1cc(=O)[nH]cc1-c1ccc2oc(=O)[nH]c2c1. The van der Waals surface area contributed by atoms with E-state index in [-0.39, 0.29) is 5.56 Å². The van der Waals surface area contributed by atoms with Crippen molar-refractivity contribution in [2.45, 2.75) is 6.92 Å². The van der Waals surface area contributed by atoms with Crippen molar-refractivity contribution in [1.29, 1.82) is 0 Å². The molecule has 2 heterocycles. The number of aryl methyl sites for hydroxylation is 1. The highest BCUT2D eigenvalue weighted by Gasteiger charge is 2.06. The van der Waals surface area contributed by atoms with E-state index in [0.29, 0.717) is 11.1 Å². The third-order valence-electron chi connectivity index (χ3n) is 2.86. The number of pyridine rings is 1. The smallest absolute Gasteiger partial charge is 0.408 e. The Morgan fingerprint density at radius 1 is 1.17 bits per heavy atom. The molecule has 90 valence electrons. The highest BCUT2D eigenvalue weighted by Crippen LogP contribution is 2.24. The molecule has 0 amide bonds. The summed E-state index contributed by atoms with van der Waals surface area (Å²) in [6.07, 6.45) is 1.66. The average molecular weight is 242 g/mol. The van der Waals surface area contributed by atoms with Gasteiger partial charge in [0.05, 0.1) is 5.52 Å². The summed E-state index contributed by atoms with van der Waals surface area (Å²) < 4.78 is 4.94. The minimum Gasteiger partial charge on any atom is -0.408 e. The fourth-order valence-electron chi connectivity index (χ4n) is 2.00. The molecule has 3 rings (SSSR count). The predicted octanol–water partition coefficient (Wildman–Crippen LogP) is 1.78. The van der Waals surface area contributed by atoms with Crippen LogP contribution in [0.25, 0.3) is 22.2 Å². The minimum absolute atomic E-state index is 0.131. The maximum absolute atomic E-state index is 11.2. The van der Waals surface area contributed by atoms with Crippen LogP contribution in [-0.2, 0) is 0 Å². The van der Waals surface area contributed by atoms with Gasteiger partial charge in [0, 0.05) is 17.8 Å². The Morgan fingerprint density at radius 2 is 2.00 bits per heavy atom. The number of hydrogen-bond acceptors (Lipinski definition) is 3. The summed E-state index contributed by atoms with van der Waals surface area (Å²) >= 11 is 0. The van der Waals surface area contributed by atoms with Gasteiger partial charge in [0.15, 0.2) is 5.58 Å². The van der Waals surface area contributed by atoms with Gasteiger partial charge in [-0.15, -0.1) is 0 Å². The molecule has 0 aliphatic rings. The van der Waals surface area contributed by atoms with Gasteiger partial charge in [0.1, 0.15) is 0 Å². The molecule has 0 saturated heterocycles. The van der Waals surface area contributed by atoms with Crippen LogP contribution in [0, 0.1) is 6.92 Å². The molecule has 5 nitrogen and oxygen atoms in total. The number of aromatic nitrogens is 2. The third-order valence-corrected chi connectivity index (χ3v) is 2.86. The van der Waals surface area contributed by atoms with E-state index in [0.717, 1.165) is 16.7 Å². The first-order chi connectivity index (χ1) is 8.63. The van der Waals surface area contributed by atoms with Gasteiger partial charge >= 0.3 is 5.76 Å². The van der Waals surface area contributed by atoms with Gasteiger partial charge < -0.3 is 9.40 Å². The van der Waals surface area contributed by atoms with Crippen LogP contribution < -0.4 is 11.3 Å². The minimum atomic E-state index is -0.472. The summed E-state index contributed by atoms with van der Waals surface area (Å²) in [4.78, 5) is 27.5. The molecular formula is C13H10N2O3. The first-order valence-corrected chi connectivity index (χ1v) is 5.46. The van der Waals surface area contributed by atoms with Crippen LogP contribution in [0.15, 0.2) is 44.5 Å². The molecule has 0 radical (unpaired) electrons. The summed E-state index contributed by atoms with van der Waals surface area (Å²) in [5.41, 5.74) is 3.73. The van der Waals surface area contributed by atoms with Crippen LogP contribution in [-0.4, -0.2) is 9.97 Å². The zero-order chi connectivity index (χ0) is 12.7. The van der Waals surface area contributed by atoms with Crippen molar-refractivity contribution < 1.29 is 4.42 Å². The summed E-state index contributed by atoms with van der Waals surface area (Å²) in [6.45, 7) is 1.87. The van der Waals surface area contributed by atoms with Gasteiger partial charge in [-0.2, -0.15) is 0 Å². The third kappa shape index (κ3) is 1.66. The van der Waals surface area contributed by atoms with E-state index in [4.69, 9.17) is 4.42 Å². The molecule has 18 heavy (non-hydrogen) atoms. The normalized spacial score (nSPS) is 10.9. The quantitative estimate of drug-likeness (QED) is 0.682. The van der Waals surface area contributed by atoms with Gasteiger partial charge in [-0.1, -0.05) is 6.07 Å². The van der Waals surface area contributed by atoms with Crippen LogP contribution in [0.5, 0.6) is 0 Å². The number of benzene rings is 1. The maximum Gasteiger partial charge on any atom is 0.417 e. The van der Waals surface area contributed by atoms with Crippen LogP contribution in [0.1, 0.15) is 5.56 Å². The van der Waals surface area contributed by atoms with Gasteiger partial charge in [-0.05, 0) is 30.2 Å². The first-order valence-electron chi connectivity index (χ1n) is 5.46. The van der Waals surface area contributed by atoms with E-state index in [9.17, 15) is 9.59 Å². The monoisotopic (exact) mass is 242 g/mol. The Bertz CT molecular complexity index is 839. The lowest BCUT2D eigenvalue weighted by Crippen LogP contribution is -2.04. The van der Waals surface area contributed by atoms with Gasteiger partial charge in [0.2, 0.25) is 5.56 Å². The summed E-state index contributed by atoms with van der Waals surface area (Å²) in [5, 5.41) is 0. The van der Waals surface area contributed by atoms with Crippen LogP contribution in [0.4, 0.5) is 0 Å². The molecule has 0 saturated carbocycles. The van der Waals surface area contributed by atoms with E-state index in [1.54, 1.807) is 12.3 Å². The molecule has 0 atom stereocenters. The Kier molecular flexibility index (Phi) is 2.19. The Hall–Kier alpha value is -2.56. The van der Waals surface area contributed by atoms with Gasteiger partial charge in [-0.3, -0.25) is 9.78 Å². The van der Waals surface area contributed by atoms with Crippen molar-refractivity contribution in [3.63, 3.8) is 0 Å². The van der Waals surface area contributed by atoms with E-state index in [1.807, 2.05) is 19.1 Å². The highest BCUT2D eigenvalue weighted by atomic mass is 16.4. The topological polar surface area (TPSA) is 78.9 Å². The van der Waals surface area contributed by atoms with Crippen molar-refractivity contribution in [1.82, 2.24) is 9.97 Å². The second kappa shape index (κ2) is 3.73. The Balaban J connectivity index is 2.24. The lowest BCUT2D eigenvalue weighted by molar-refractivity contribution is 0.555. The molecule has 2 N–H and O–H groups in total. The van der Waals surface area contributed by atoms with E-state index >= 15 is 0 Å². The summed E-state index contributed by atoms with van der Waals surface area (Å²) in [5.74, 6) is -0.472. The summed E-state index contributed by atoms with van der Waals surface area (Å²) in [7, 11) is 0. The number of oxazole rings is 1. The largest absolute Gasteiger partial charge is 0.417 e. The van der Waals surface area contributed by atoms with E-state index < -0.39 is 5.76 Å². The molecule has 0 aliphatic carbocycles. The maximum atomic E-state index is 11.2. The molecule has 3 aromatic rings. The summed E-state index contributed by atoms with van der Waals surface area (Å²) in [6, 6.07) is 6.94. The zero-order valence-corrected chi connectivity index (χ0v) is 9.61. The average Bonchev–Trinajstić information content (AvgIpc) is 2.68. The molecular weight excluding hydrogens is 232 g/mol. The highest BCUT2D eigenvalue weighted by molar-refractivity contribution is 5.80. The molecule has 2 aromatic heterocycles.